The first-order chi connectivity index (χ1) is 27.4. The van der Waals surface area contributed by atoms with Crippen LogP contribution in [0.4, 0.5) is 45.5 Å². The zero-order chi connectivity index (χ0) is 38.4. The Labute approximate surface area is 330 Å². The second kappa shape index (κ2) is 16.1. The fourth-order valence-electron chi connectivity index (χ4n) is 7.17. The fourth-order valence-corrected chi connectivity index (χ4v) is 7.17. The van der Waals surface area contributed by atoms with E-state index in [-0.39, 0.29) is 0 Å². The predicted octanol–water partition coefficient (Wildman–Crippen LogP) is 14.9. The molecule has 0 radical (unpaired) electrons. The molecular formula is C52H46N4. The molecule has 4 heteroatoms. The molecule has 0 spiro atoms. The maximum absolute atomic E-state index is 3.79. The van der Waals surface area contributed by atoms with E-state index in [1.54, 1.807) is 0 Å². The largest absolute Gasteiger partial charge is 0.356 e. The molecule has 8 aromatic carbocycles. The molecule has 0 aliphatic heterocycles. The maximum Gasteiger partial charge on any atom is 0.0470 e. The van der Waals surface area contributed by atoms with Crippen molar-refractivity contribution >= 4 is 45.5 Å². The molecule has 4 N–H and O–H groups in total. The summed E-state index contributed by atoms with van der Waals surface area (Å²) < 4.78 is 0. The normalized spacial score (nSPS) is 10.9. The third kappa shape index (κ3) is 7.91. The van der Waals surface area contributed by atoms with Crippen LogP contribution >= 0.6 is 0 Å². The minimum Gasteiger partial charge on any atom is -0.356 e. The van der Waals surface area contributed by atoms with Gasteiger partial charge in [0.1, 0.15) is 0 Å². The molecular weight excluding hydrogens is 681 g/mol. The van der Waals surface area contributed by atoms with Gasteiger partial charge in [-0.1, -0.05) is 103 Å². The topological polar surface area (TPSA) is 48.1 Å². The van der Waals surface area contributed by atoms with Gasteiger partial charge in [0, 0.05) is 51.1 Å². The highest BCUT2D eigenvalue weighted by atomic mass is 14.9. The zero-order valence-electron chi connectivity index (χ0n) is 32.3. The van der Waals surface area contributed by atoms with Gasteiger partial charge in [-0.2, -0.15) is 0 Å². The summed E-state index contributed by atoms with van der Waals surface area (Å²) in [5.74, 6) is 0. The molecule has 0 aliphatic rings. The van der Waals surface area contributed by atoms with Gasteiger partial charge in [-0.3, -0.25) is 0 Å². The molecule has 8 rings (SSSR count). The average molecular weight is 727 g/mol. The number of rotatable bonds is 11. The Hall–Kier alpha value is -7.04. The first-order valence-electron chi connectivity index (χ1n) is 19.2. The number of hydrogen-bond donors (Lipinski definition) is 4. The molecule has 0 fully saturated rings. The fraction of sp³-hybridized carbons (Fsp3) is 0.0769. The maximum atomic E-state index is 3.79. The second-order valence-corrected chi connectivity index (χ2v) is 14.4. The molecule has 56 heavy (non-hydrogen) atoms. The van der Waals surface area contributed by atoms with Gasteiger partial charge in [-0.15, -0.1) is 0 Å². The molecule has 0 amide bonds. The van der Waals surface area contributed by atoms with Gasteiger partial charge in [-0.25, -0.2) is 0 Å². The van der Waals surface area contributed by atoms with Gasteiger partial charge < -0.3 is 21.3 Å². The molecule has 0 atom stereocenters. The number of aryl methyl sites for hydroxylation is 2. The average Bonchev–Trinajstić information content (AvgIpc) is 3.23. The van der Waals surface area contributed by atoms with E-state index in [9.17, 15) is 0 Å². The first-order valence-corrected chi connectivity index (χ1v) is 19.2. The monoisotopic (exact) mass is 726 g/mol. The molecule has 274 valence electrons. The van der Waals surface area contributed by atoms with Crippen LogP contribution in [0.15, 0.2) is 182 Å². The van der Waals surface area contributed by atoms with Crippen LogP contribution in [0.25, 0.3) is 33.4 Å². The highest BCUT2D eigenvalue weighted by Crippen LogP contribution is 2.45. The van der Waals surface area contributed by atoms with E-state index in [0.717, 1.165) is 67.8 Å². The van der Waals surface area contributed by atoms with Crippen molar-refractivity contribution in [1.29, 1.82) is 0 Å². The Bertz CT molecular complexity index is 2580. The standard InChI is InChI=1S/C52H46N4/c1-35-13-11-19-48(37(35)3)54-44-27-25-43(26-28-44)53-42-23-21-39(22-24-42)47-33-34-50(52(41-17-9-6-10-18-41)51(47)40-15-7-5-8-16-40)56-46-31-29-45(30-32-46)55-49-20-12-14-36(2)38(49)4/h5-34,53-56H,1-4H3. The summed E-state index contributed by atoms with van der Waals surface area (Å²) in [7, 11) is 0. The minimum absolute atomic E-state index is 1.02. The van der Waals surface area contributed by atoms with Gasteiger partial charge in [0.05, 0.1) is 0 Å². The van der Waals surface area contributed by atoms with Gasteiger partial charge in [0.25, 0.3) is 0 Å². The highest BCUT2D eigenvalue weighted by molar-refractivity contribution is 6.01. The van der Waals surface area contributed by atoms with Crippen molar-refractivity contribution < 1.29 is 0 Å². The minimum atomic E-state index is 1.02. The molecule has 0 saturated carbocycles. The summed E-state index contributed by atoms with van der Waals surface area (Å²) >= 11 is 0. The van der Waals surface area contributed by atoms with E-state index in [1.807, 2.05) is 0 Å². The van der Waals surface area contributed by atoms with Crippen LogP contribution in [0.2, 0.25) is 0 Å². The van der Waals surface area contributed by atoms with Crippen LogP contribution in [0.5, 0.6) is 0 Å². The number of hydrogen-bond acceptors (Lipinski definition) is 4. The summed E-state index contributed by atoms with van der Waals surface area (Å²) in [6, 6.07) is 64.3. The summed E-state index contributed by atoms with van der Waals surface area (Å²) in [4.78, 5) is 0. The lowest BCUT2D eigenvalue weighted by atomic mass is 9.86. The number of anilines is 8. The van der Waals surface area contributed by atoms with Crippen molar-refractivity contribution in [2.24, 2.45) is 0 Å². The van der Waals surface area contributed by atoms with E-state index in [1.165, 1.54) is 33.4 Å². The second-order valence-electron chi connectivity index (χ2n) is 14.4. The van der Waals surface area contributed by atoms with Crippen molar-refractivity contribution in [1.82, 2.24) is 0 Å². The molecule has 4 nitrogen and oxygen atoms in total. The Morgan fingerprint density at radius 3 is 1.12 bits per heavy atom. The molecule has 0 bridgehead atoms. The van der Waals surface area contributed by atoms with Crippen LogP contribution in [-0.4, -0.2) is 0 Å². The van der Waals surface area contributed by atoms with Gasteiger partial charge in [-0.05, 0) is 157 Å². The van der Waals surface area contributed by atoms with Gasteiger partial charge in [0.2, 0.25) is 0 Å². The van der Waals surface area contributed by atoms with E-state index in [0.29, 0.717) is 0 Å². The number of nitrogens with one attached hydrogen (secondary N) is 4. The number of benzene rings is 8. The van der Waals surface area contributed by atoms with E-state index < -0.39 is 0 Å². The summed E-state index contributed by atoms with van der Waals surface area (Å²) in [6.07, 6.45) is 0. The van der Waals surface area contributed by atoms with E-state index >= 15 is 0 Å². The van der Waals surface area contributed by atoms with E-state index in [2.05, 4.69) is 231 Å². The van der Waals surface area contributed by atoms with Crippen molar-refractivity contribution in [3.8, 4) is 33.4 Å². The van der Waals surface area contributed by atoms with Crippen LogP contribution in [0, 0.1) is 27.7 Å². The third-order valence-corrected chi connectivity index (χ3v) is 10.6. The quantitative estimate of drug-likeness (QED) is 0.107. The Morgan fingerprint density at radius 1 is 0.268 bits per heavy atom. The van der Waals surface area contributed by atoms with Crippen molar-refractivity contribution in [2.45, 2.75) is 27.7 Å². The summed E-state index contributed by atoms with van der Waals surface area (Å²) in [5, 5.41) is 14.5. The van der Waals surface area contributed by atoms with Crippen molar-refractivity contribution in [3.63, 3.8) is 0 Å². The molecule has 8 aromatic rings. The Kier molecular flexibility index (Phi) is 10.4. The Balaban J connectivity index is 1.09. The molecule has 0 aliphatic carbocycles. The Morgan fingerprint density at radius 2 is 0.661 bits per heavy atom. The first kappa shape index (κ1) is 36.0. The van der Waals surface area contributed by atoms with Crippen LogP contribution in [0.1, 0.15) is 22.3 Å². The van der Waals surface area contributed by atoms with Crippen LogP contribution in [0.3, 0.4) is 0 Å². The highest BCUT2D eigenvalue weighted by Gasteiger charge is 2.19. The lowest BCUT2D eigenvalue weighted by molar-refractivity contribution is 1.33. The van der Waals surface area contributed by atoms with Crippen molar-refractivity contribution in [3.05, 3.63) is 204 Å². The predicted molar refractivity (Wildman–Crippen MR) is 241 cm³/mol. The van der Waals surface area contributed by atoms with Crippen LogP contribution in [-0.2, 0) is 0 Å². The smallest absolute Gasteiger partial charge is 0.0470 e. The van der Waals surface area contributed by atoms with Crippen molar-refractivity contribution in [2.75, 3.05) is 21.3 Å². The molecule has 0 heterocycles. The summed E-state index contributed by atoms with van der Waals surface area (Å²) in [6.45, 7) is 8.60. The molecule has 0 saturated heterocycles. The summed E-state index contributed by atoms with van der Waals surface area (Å²) in [5.41, 5.74) is 20.5. The third-order valence-electron chi connectivity index (χ3n) is 10.6. The lowest BCUT2D eigenvalue weighted by Gasteiger charge is -2.21. The van der Waals surface area contributed by atoms with Crippen LogP contribution < -0.4 is 21.3 Å². The lowest BCUT2D eigenvalue weighted by Crippen LogP contribution is -1.99. The SMILES string of the molecule is Cc1cccc(Nc2ccc(Nc3ccc(-c4ccc(Nc5ccc(Nc6cccc(C)c6C)cc5)c(-c5ccccc5)c4-c4ccccc4)cc3)cc2)c1C. The zero-order valence-corrected chi connectivity index (χ0v) is 32.3. The van der Waals surface area contributed by atoms with Gasteiger partial charge in [0.15, 0.2) is 0 Å². The van der Waals surface area contributed by atoms with E-state index in [4.69, 9.17) is 0 Å². The molecule has 0 aromatic heterocycles. The molecule has 0 unspecified atom stereocenters. The van der Waals surface area contributed by atoms with Gasteiger partial charge >= 0.3 is 0 Å².